The molecule has 1 aromatic heterocycles. The maximum Gasteiger partial charge on any atom is 0.416 e. The van der Waals surface area contributed by atoms with Crippen LogP contribution in [0.2, 0.25) is 0 Å². The van der Waals surface area contributed by atoms with Gasteiger partial charge in [0.1, 0.15) is 0 Å². The predicted molar refractivity (Wildman–Crippen MR) is 93.5 cm³/mol. The van der Waals surface area contributed by atoms with E-state index in [0.29, 0.717) is 16.3 Å². The van der Waals surface area contributed by atoms with Gasteiger partial charge < -0.3 is 0 Å². The van der Waals surface area contributed by atoms with Crippen molar-refractivity contribution in [1.29, 1.82) is 0 Å². The lowest BCUT2D eigenvalue weighted by Crippen LogP contribution is -2.27. The van der Waals surface area contributed by atoms with Crippen LogP contribution in [0.3, 0.4) is 0 Å². The van der Waals surface area contributed by atoms with Gasteiger partial charge in [-0.1, -0.05) is 30.3 Å². The molecule has 0 aliphatic carbocycles. The number of carbonyl (C=O) groups is 1. The molecule has 138 valence electrons. The molecule has 0 spiro atoms. The molecule has 1 heterocycles. The van der Waals surface area contributed by atoms with Crippen molar-refractivity contribution in [2.45, 2.75) is 6.18 Å². The van der Waals surface area contributed by atoms with E-state index in [9.17, 15) is 22.8 Å². The van der Waals surface area contributed by atoms with E-state index in [-0.39, 0.29) is 11.3 Å². The number of alkyl halides is 3. The highest BCUT2D eigenvalue weighted by molar-refractivity contribution is 6.04. The van der Waals surface area contributed by atoms with Gasteiger partial charge in [-0.25, -0.2) is 10.1 Å². The Morgan fingerprint density at radius 1 is 1.11 bits per heavy atom. The molecule has 0 saturated carbocycles. The van der Waals surface area contributed by atoms with Gasteiger partial charge in [-0.2, -0.15) is 23.4 Å². The lowest BCUT2D eigenvalue weighted by Gasteiger charge is -2.07. The van der Waals surface area contributed by atoms with Crippen LogP contribution in [0.25, 0.3) is 10.8 Å². The Hall–Kier alpha value is -3.49. The van der Waals surface area contributed by atoms with Crippen molar-refractivity contribution >= 4 is 22.9 Å². The number of rotatable bonds is 3. The highest BCUT2D eigenvalue weighted by atomic mass is 19.4. The standard InChI is InChI=1S/C18H13F3N4O2/c1-25-17(27)14-5-3-2-4-13(14)15(24-25)16(26)23-22-10-11-6-8-12(9-7-11)18(19,20)21/h2-10H,1H3,(H,23,26)/b22-10-. The monoisotopic (exact) mass is 374 g/mol. The number of hydrogen-bond donors (Lipinski definition) is 1. The molecule has 3 rings (SSSR count). The zero-order chi connectivity index (χ0) is 19.6. The summed E-state index contributed by atoms with van der Waals surface area (Å²) in [4.78, 5) is 24.4. The van der Waals surface area contributed by atoms with Gasteiger partial charge in [0.15, 0.2) is 5.69 Å². The predicted octanol–water partition coefficient (Wildman–Crippen LogP) is 2.72. The van der Waals surface area contributed by atoms with Gasteiger partial charge in [0.25, 0.3) is 11.5 Å². The number of aromatic nitrogens is 2. The number of carbonyl (C=O) groups excluding carboxylic acids is 1. The molecule has 0 atom stereocenters. The Bertz CT molecular complexity index is 1090. The summed E-state index contributed by atoms with van der Waals surface area (Å²) in [5.41, 5.74) is 1.54. The highest BCUT2D eigenvalue weighted by Crippen LogP contribution is 2.28. The molecule has 0 bridgehead atoms. The first-order valence-corrected chi connectivity index (χ1v) is 7.74. The van der Waals surface area contributed by atoms with E-state index in [0.717, 1.165) is 16.8 Å². The second kappa shape index (κ2) is 7.02. The van der Waals surface area contributed by atoms with Crippen molar-refractivity contribution in [2.75, 3.05) is 0 Å². The molecular formula is C18H13F3N4O2. The number of nitrogens with zero attached hydrogens (tertiary/aromatic N) is 3. The number of fused-ring (bicyclic) bond motifs is 1. The molecule has 27 heavy (non-hydrogen) atoms. The van der Waals surface area contributed by atoms with Gasteiger partial charge in [-0.3, -0.25) is 9.59 Å². The van der Waals surface area contributed by atoms with Crippen LogP contribution in [0.15, 0.2) is 58.4 Å². The molecule has 0 aliphatic heterocycles. The molecule has 1 amide bonds. The van der Waals surface area contributed by atoms with Gasteiger partial charge >= 0.3 is 6.18 Å². The Balaban J connectivity index is 1.80. The van der Waals surface area contributed by atoms with Crippen LogP contribution in [-0.2, 0) is 13.2 Å². The number of nitrogens with one attached hydrogen (secondary N) is 1. The van der Waals surface area contributed by atoms with E-state index < -0.39 is 17.6 Å². The Kier molecular flexibility index (Phi) is 4.76. The molecular weight excluding hydrogens is 361 g/mol. The Morgan fingerprint density at radius 3 is 2.37 bits per heavy atom. The molecule has 2 aromatic carbocycles. The number of hydrogen-bond acceptors (Lipinski definition) is 4. The fourth-order valence-electron chi connectivity index (χ4n) is 2.44. The third kappa shape index (κ3) is 3.86. The normalized spacial score (nSPS) is 11.9. The van der Waals surface area contributed by atoms with Crippen LogP contribution >= 0.6 is 0 Å². The van der Waals surface area contributed by atoms with E-state index in [2.05, 4.69) is 15.6 Å². The Morgan fingerprint density at radius 2 is 1.74 bits per heavy atom. The third-order valence-electron chi connectivity index (χ3n) is 3.79. The van der Waals surface area contributed by atoms with Gasteiger partial charge in [-0.05, 0) is 23.8 Å². The van der Waals surface area contributed by atoms with E-state index in [1.54, 1.807) is 24.3 Å². The largest absolute Gasteiger partial charge is 0.416 e. The van der Waals surface area contributed by atoms with Crippen molar-refractivity contribution in [3.63, 3.8) is 0 Å². The van der Waals surface area contributed by atoms with Crippen LogP contribution in [-0.4, -0.2) is 21.9 Å². The maximum absolute atomic E-state index is 12.5. The van der Waals surface area contributed by atoms with Crippen LogP contribution in [0.1, 0.15) is 21.6 Å². The fraction of sp³-hybridized carbons (Fsp3) is 0.111. The summed E-state index contributed by atoms with van der Waals surface area (Å²) >= 11 is 0. The average Bonchev–Trinajstić information content (AvgIpc) is 2.64. The number of benzene rings is 2. The summed E-state index contributed by atoms with van der Waals surface area (Å²) in [6.07, 6.45) is -3.21. The number of halogens is 3. The summed E-state index contributed by atoms with van der Waals surface area (Å²) in [5, 5.41) is 8.41. The first-order valence-electron chi connectivity index (χ1n) is 7.74. The molecule has 0 fully saturated rings. The van der Waals surface area contributed by atoms with Crippen molar-refractivity contribution in [3.05, 3.63) is 75.7 Å². The van der Waals surface area contributed by atoms with Gasteiger partial charge in [0.2, 0.25) is 0 Å². The first kappa shape index (κ1) is 18.3. The van der Waals surface area contributed by atoms with Crippen LogP contribution in [0, 0.1) is 0 Å². The minimum Gasteiger partial charge on any atom is -0.267 e. The summed E-state index contributed by atoms with van der Waals surface area (Å²) in [6, 6.07) is 10.8. The quantitative estimate of drug-likeness (QED) is 0.566. The summed E-state index contributed by atoms with van der Waals surface area (Å²) in [7, 11) is 1.43. The van der Waals surface area contributed by atoms with Crippen LogP contribution in [0.5, 0.6) is 0 Å². The lowest BCUT2D eigenvalue weighted by atomic mass is 10.1. The second-order valence-corrected chi connectivity index (χ2v) is 5.64. The van der Waals surface area contributed by atoms with E-state index >= 15 is 0 Å². The SMILES string of the molecule is Cn1nc(C(=O)N/N=C\c2ccc(C(F)(F)F)cc2)c2ccccc2c1=O. The number of aryl methyl sites for hydroxylation is 1. The van der Waals surface area contributed by atoms with Crippen LogP contribution in [0.4, 0.5) is 13.2 Å². The fourth-order valence-corrected chi connectivity index (χ4v) is 2.44. The van der Waals surface area contributed by atoms with Gasteiger partial charge in [-0.15, -0.1) is 0 Å². The lowest BCUT2D eigenvalue weighted by molar-refractivity contribution is -0.137. The molecule has 6 nitrogen and oxygen atoms in total. The van der Waals surface area contributed by atoms with Crippen molar-refractivity contribution in [3.8, 4) is 0 Å². The number of amides is 1. The molecule has 9 heteroatoms. The van der Waals surface area contributed by atoms with Crippen molar-refractivity contribution in [1.82, 2.24) is 15.2 Å². The zero-order valence-electron chi connectivity index (χ0n) is 14.0. The summed E-state index contributed by atoms with van der Waals surface area (Å²) in [5.74, 6) is -0.648. The first-order chi connectivity index (χ1) is 12.8. The summed E-state index contributed by atoms with van der Waals surface area (Å²) in [6.45, 7) is 0. The van der Waals surface area contributed by atoms with Gasteiger partial charge in [0, 0.05) is 12.4 Å². The topological polar surface area (TPSA) is 76.3 Å². The highest BCUT2D eigenvalue weighted by Gasteiger charge is 2.29. The minimum atomic E-state index is -4.42. The molecule has 0 saturated heterocycles. The smallest absolute Gasteiger partial charge is 0.267 e. The second-order valence-electron chi connectivity index (χ2n) is 5.64. The molecule has 0 radical (unpaired) electrons. The van der Waals surface area contributed by atoms with Crippen molar-refractivity contribution < 1.29 is 18.0 Å². The van der Waals surface area contributed by atoms with E-state index in [1.807, 2.05) is 0 Å². The molecule has 0 aliphatic rings. The maximum atomic E-state index is 12.5. The third-order valence-corrected chi connectivity index (χ3v) is 3.79. The average molecular weight is 374 g/mol. The van der Waals surface area contributed by atoms with E-state index in [1.165, 1.54) is 25.4 Å². The molecule has 3 aromatic rings. The zero-order valence-corrected chi connectivity index (χ0v) is 14.0. The minimum absolute atomic E-state index is 0.0114. The summed E-state index contributed by atoms with van der Waals surface area (Å²) < 4.78 is 38.6. The van der Waals surface area contributed by atoms with Crippen LogP contribution < -0.4 is 11.0 Å². The number of hydrazone groups is 1. The molecule has 0 unspecified atom stereocenters. The van der Waals surface area contributed by atoms with Gasteiger partial charge in [0.05, 0.1) is 17.2 Å². The Labute approximate surface area is 150 Å². The molecule has 1 N–H and O–H groups in total. The van der Waals surface area contributed by atoms with E-state index in [4.69, 9.17) is 0 Å². The van der Waals surface area contributed by atoms with Crippen molar-refractivity contribution in [2.24, 2.45) is 12.1 Å².